The topological polar surface area (TPSA) is 220 Å². The van der Waals surface area contributed by atoms with Gasteiger partial charge in [0.2, 0.25) is 0 Å². The van der Waals surface area contributed by atoms with E-state index in [1.807, 2.05) is 0 Å². The summed E-state index contributed by atoms with van der Waals surface area (Å²) in [5.41, 5.74) is -1.19. The minimum absolute atomic E-state index is 0.0104. The van der Waals surface area contributed by atoms with Crippen LogP contribution >= 0.6 is 7.60 Å². The van der Waals surface area contributed by atoms with E-state index in [1.54, 1.807) is 0 Å². The minimum atomic E-state index is -4.97. The van der Waals surface area contributed by atoms with E-state index in [1.165, 1.54) is 23.6 Å². The molecule has 1 unspecified atom stereocenters. The molecule has 0 heterocycles. The molecule has 0 aliphatic carbocycles. The Hall–Kier alpha value is -1.64. The van der Waals surface area contributed by atoms with Crippen molar-refractivity contribution in [2.75, 3.05) is 58.9 Å². The third kappa shape index (κ3) is 13.7. The van der Waals surface area contributed by atoms with E-state index in [0.29, 0.717) is 0 Å². The molecule has 188 valence electrons. The maximum absolute atomic E-state index is 11.4. The second-order valence-electron chi connectivity index (χ2n) is 8.45. The molecule has 0 aromatic heterocycles. The molecule has 0 aliphatic rings. The Morgan fingerprint density at radius 3 is 1.31 bits per heavy atom. The molecule has 15 heteroatoms. The van der Waals surface area contributed by atoms with E-state index in [2.05, 4.69) is 0 Å². The number of aliphatic hydroxyl groups is 2. The van der Waals surface area contributed by atoms with E-state index in [-0.39, 0.29) is 39.3 Å². The monoisotopic (exact) mass is 487 g/mol. The molecule has 32 heavy (non-hydrogen) atoms. The van der Waals surface area contributed by atoms with Gasteiger partial charge in [-0.3, -0.25) is 33.6 Å². The summed E-state index contributed by atoms with van der Waals surface area (Å²) < 4.78 is 11.4. The molecule has 7 N–H and O–H groups in total. The number of carboxylic acids is 3. The van der Waals surface area contributed by atoms with Gasteiger partial charge in [-0.25, -0.2) is 0 Å². The molecule has 0 aromatic rings. The fourth-order valence-corrected chi connectivity index (χ4v) is 3.28. The van der Waals surface area contributed by atoms with Gasteiger partial charge < -0.3 is 35.3 Å². The molecule has 14 nitrogen and oxygen atoms in total. The Bertz CT molecular complexity index is 690. The zero-order valence-electron chi connectivity index (χ0n) is 18.4. The molecule has 0 saturated heterocycles. The molecule has 1 atom stereocenters. The van der Waals surface area contributed by atoms with Gasteiger partial charge in [0, 0.05) is 39.3 Å². The molecule has 0 rings (SSSR count). The molecular weight excluding hydrogens is 453 g/mol. The molecule has 0 aromatic carbocycles. The minimum Gasteiger partial charge on any atom is -0.480 e. The number of carbonyl (C=O) groups is 3. The van der Waals surface area contributed by atoms with Crippen molar-refractivity contribution in [2.45, 2.75) is 31.7 Å². The zero-order chi connectivity index (χ0) is 25.3. The van der Waals surface area contributed by atoms with Gasteiger partial charge in [0.05, 0.1) is 25.2 Å². The van der Waals surface area contributed by atoms with E-state index in [0.717, 1.165) is 11.8 Å². The summed E-state index contributed by atoms with van der Waals surface area (Å²) in [5, 5.41) is 44.7. The fraction of sp³-hybridized carbons (Fsp3) is 0.824. The van der Waals surface area contributed by atoms with Crippen LogP contribution < -0.4 is 0 Å². The van der Waals surface area contributed by atoms with Crippen LogP contribution in [-0.2, 0) is 18.9 Å². The Kier molecular flexibility index (Phi) is 11.9. The normalized spacial score (nSPS) is 14.7. The second-order valence-corrected chi connectivity index (χ2v) is 10.5. The molecule has 0 bridgehead atoms. The molecule has 0 saturated carbocycles. The average molecular weight is 487 g/mol. The van der Waals surface area contributed by atoms with Crippen LogP contribution in [-0.4, -0.2) is 138 Å². The van der Waals surface area contributed by atoms with Gasteiger partial charge in [0.25, 0.3) is 0 Å². The first kappa shape index (κ1) is 30.4. The largest absolute Gasteiger partial charge is 0.480 e. The number of nitrogens with zero attached hydrogens (tertiary/aromatic N) is 3. The van der Waals surface area contributed by atoms with Crippen molar-refractivity contribution in [3.05, 3.63) is 0 Å². The molecule has 0 radical (unpaired) electrons. The summed E-state index contributed by atoms with van der Waals surface area (Å²) in [6, 6.07) is 0. The van der Waals surface area contributed by atoms with Gasteiger partial charge in [0.1, 0.15) is 0 Å². The van der Waals surface area contributed by atoms with Crippen molar-refractivity contribution in [1.82, 2.24) is 14.7 Å². The first-order valence-corrected chi connectivity index (χ1v) is 11.3. The maximum atomic E-state index is 11.4. The van der Waals surface area contributed by atoms with Gasteiger partial charge in [-0.1, -0.05) is 0 Å². The molecule has 0 fully saturated rings. The smallest absolute Gasteiger partial charge is 0.357 e. The molecule has 0 spiro atoms. The Balaban J connectivity index is 5.27. The van der Waals surface area contributed by atoms with Crippen LogP contribution in [0.3, 0.4) is 0 Å². The molecule has 0 aliphatic heterocycles. The summed E-state index contributed by atoms with van der Waals surface area (Å²) >= 11 is 0. The highest BCUT2D eigenvalue weighted by molar-refractivity contribution is 7.53. The molecular formula is C17H34N3O11P. The van der Waals surface area contributed by atoms with Gasteiger partial charge in [-0.15, -0.1) is 0 Å². The van der Waals surface area contributed by atoms with E-state index in [9.17, 15) is 38.9 Å². The second kappa shape index (κ2) is 12.6. The van der Waals surface area contributed by atoms with Crippen LogP contribution in [0.5, 0.6) is 0 Å². The Morgan fingerprint density at radius 2 is 1.00 bits per heavy atom. The van der Waals surface area contributed by atoms with Gasteiger partial charge in [-0.05, 0) is 20.8 Å². The maximum Gasteiger partial charge on any atom is 0.357 e. The van der Waals surface area contributed by atoms with E-state index in [4.69, 9.17) is 15.3 Å². The zero-order valence-corrected chi connectivity index (χ0v) is 19.3. The first-order chi connectivity index (χ1) is 14.3. The number of hydrogen-bond donors (Lipinski definition) is 7. The highest BCUT2D eigenvalue weighted by Gasteiger charge is 2.42. The number of aliphatic carboxylic acids is 3. The number of hydrogen-bond acceptors (Lipinski definition) is 9. The lowest BCUT2D eigenvalue weighted by molar-refractivity contribution is -0.141. The van der Waals surface area contributed by atoms with Crippen molar-refractivity contribution in [3.63, 3.8) is 0 Å². The van der Waals surface area contributed by atoms with Crippen molar-refractivity contribution in [1.29, 1.82) is 0 Å². The van der Waals surface area contributed by atoms with E-state index >= 15 is 0 Å². The van der Waals surface area contributed by atoms with Crippen molar-refractivity contribution < 1.29 is 54.3 Å². The van der Waals surface area contributed by atoms with Crippen molar-refractivity contribution in [3.8, 4) is 0 Å². The lowest BCUT2D eigenvalue weighted by Gasteiger charge is -2.33. The van der Waals surface area contributed by atoms with Crippen LogP contribution in [0.4, 0.5) is 0 Å². The van der Waals surface area contributed by atoms with Crippen LogP contribution in [0.2, 0.25) is 0 Å². The van der Waals surface area contributed by atoms with Crippen LogP contribution in [0.1, 0.15) is 20.8 Å². The molecule has 0 amide bonds. The van der Waals surface area contributed by atoms with Crippen molar-refractivity contribution in [2.24, 2.45) is 0 Å². The summed E-state index contributed by atoms with van der Waals surface area (Å²) in [6.07, 6.45) is 0. The van der Waals surface area contributed by atoms with E-state index < -0.39 is 56.1 Å². The van der Waals surface area contributed by atoms with Crippen LogP contribution in [0.15, 0.2) is 0 Å². The predicted molar refractivity (Wildman–Crippen MR) is 111 cm³/mol. The average Bonchev–Trinajstić information content (AvgIpc) is 2.52. The fourth-order valence-electron chi connectivity index (χ4n) is 2.90. The third-order valence-electron chi connectivity index (χ3n) is 4.30. The summed E-state index contributed by atoms with van der Waals surface area (Å²) in [5.74, 6) is -3.63. The summed E-state index contributed by atoms with van der Waals surface area (Å²) in [7, 11) is -4.97. The summed E-state index contributed by atoms with van der Waals surface area (Å²) in [6.45, 7) is 1.67. The summed E-state index contributed by atoms with van der Waals surface area (Å²) in [4.78, 5) is 55.8. The van der Waals surface area contributed by atoms with Crippen LogP contribution in [0.25, 0.3) is 0 Å². The predicted octanol–water partition coefficient (Wildman–Crippen LogP) is -2.20. The lowest BCUT2D eigenvalue weighted by atomic mass is 10.1. The SMILES string of the molecule is CC(C)(O)CN(CCN(CCN(CC(=O)O)CC(C)(O)P(=O)(O)O)CC(=O)O)CC(=O)O. The number of carboxylic acid groups (broad SMARTS) is 3. The van der Waals surface area contributed by atoms with Crippen molar-refractivity contribution >= 4 is 25.5 Å². The van der Waals surface area contributed by atoms with Gasteiger partial charge in [0.15, 0.2) is 5.34 Å². The van der Waals surface area contributed by atoms with Gasteiger partial charge in [-0.2, -0.15) is 0 Å². The quantitative estimate of drug-likeness (QED) is 0.108. The number of rotatable bonds is 17. The van der Waals surface area contributed by atoms with Crippen LogP contribution in [0, 0.1) is 0 Å². The standard InChI is InChI=1S/C17H34N3O11P/c1-16(2,27)11-19(9-14(23)24)6-4-18(8-13(21)22)5-7-20(10-15(25)26)12-17(3,28)32(29,30)31/h27-28H,4-12H2,1-3H3,(H,21,22)(H,23,24)(H,25,26)(H2,29,30,31). The first-order valence-electron chi connectivity index (χ1n) is 9.65. The van der Waals surface area contributed by atoms with Gasteiger partial charge >= 0.3 is 25.5 Å². The Labute approximate surface area is 185 Å². The highest BCUT2D eigenvalue weighted by Crippen LogP contribution is 2.48. The lowest BCUT2D eigenvalue weighted by Crippen LogP contribution is -2.48. The third-order valence-corrected chi connectivity index (χ3v) is 5.70. The Morgan fingerprint density at radius 1 is 0.688 bits per heavy atom. The highest BCUT2D eigenvalue weighted by atomic mass is 31.2.